The minimum atomic E-state index is -0.269. The van der Waals surface area contributed by atoms with Gasteiger partial charge in [0.1, 0.15) is 5.75 Å². The Hall–Kier alpha value is -0.580. The molecule has 1 saturated heterocycles. The quantitative estimate of drug-likeness (QED) is 0.933. The number of hydrogen-bond acceptors (Lipinski definition) is 3. The van der Waals surface area contributed by atoms with Crippen molar-refractivity contribution in [2.24, 2.45) is 5.73 Å². The highest BCUT2D eigenvalue weighted by molar-refractivity contribution is 9.10. The first kappa shape index (κ1) is 12.9. The van der Waals surface area contributed by atoms with Crippen LogP contribution < -0.4 is 10.5 Å². The van der Waals surface area contributed by atoms with Gasteiger partial charge >= 0.3 is 0 Å². The second-order valence-electron chi connectivity index (χ2n) is 4.63. The molecule has 0 bridgehead atoms. The van der Waals surface area contributed by atoms with Crippen LogP contribution in [0.3, 0.4) is 0 Å². The predicted molar refractivity (Wildman–Crippen MR) is 71.3 cm³/mol. The summed E-state index contributed by atoms with van der Waals surface area (Å²) in [6.45, 7) is 2.79. The topological polar surface area (TPSA) is 44.5 Å². The lowest BCUT2D eigenvalue weighted by Crippen LogP contribution is -2.48. The molecule has 0 aromatic heterocycles. The summed E-state index contributed by atoms with van der Waals surface area (Å²) in [7, 11) is 1.67. The van der Waals surface area contributed by atoms with Gasteiger partial charge in [-0.05, 0) is 43.5 Å². The van der Waals surface area contributed by atoms with E-state index in [9.17, 15) is 0 Å². The van der Waals surface area contributed by atoms with Gasteiger partial charge in [0.15, 0.2) is 0 Å². The number of benzene rings is 1. The summed E-state index contributed by atoms with van der Waals surface area (Å²) in [6.07, 6.45) is 1.80. The van der Waals surface area contributed by atoms with Crippen LogP contribution in [0, 0.1) is 0 Å². The molecule has 2 N–H and O–H groups in total. The van der Waals surface area contributed by atoms with E-state index in [1.165, 1.54) is 5.56 Å². The van der Waals surface area contributed by atoms with E-state index < -0.39 is 0 Å². The van der Waals surface area contributed by atoms with E-state index in [-0.39, 0.29) is 11.6 Å². The third-order valence-electron chi connectivity index (χ3n) is 3.52. The van der Waals surface area contributed by atoms with Gasteiger partial charge in [-0.25, -0.2) is 0 Å². The Morgan fingerprint density at radius 1 is 1.59 bits per heavy atom. The molecule has 1 heterocycles. The second kappa shape index (κ2) is 4.96. The van der Waals surface area contributed by atoms with Crippen molar-refractivity contribution in [1.29, 1.82) is 0 Å². The molecule has 1 aliphatic rings. The number of hydrogen-bond donors (Lipinski definition) is 1. The van der Waals surface area contributed by atoms with Crippen molar-refractivity contribution in [1.82, 2.24) is 0 Å². The van der Waals surface area contributed by atoms with Gasteiger partial charge in [-0.1, -0.05) is 15.9 Å². The first-order chi connectivity index (χ1) is 8.05. The van der Waals surface area contributed by atoms with Gasteiger partial charge in [0.2, 0.25) is 0 Å². The van der Waals surface area contributed by atoms with Crippen LogP contribution in [0.4, 0.5) is 0 Å². The Kier molecular flexibility index (Phi) is 3.76. The zero-order valence-corrected chi connectivity index (χ0v) is 11.8. The van der Waals surface area contributed by atoms with E-state index in [4.69, 9.17) is 15.2 Å². The normalized spacial score (nSPS) is 28.4. The minimum Gasteiger partial charge on any atom is -0.497 e. The molecular formula is C13H18BrNO2. The lowest BCUT2D eigenvalue weighted by Gasteiger charge is -2.28. The lowest BCUT2D eigenvalue weighted by atomic mass is 9.86. The molecule has 3 nitrogen and oxygen atoms in total. The van der Waals surface area contributed by atoms with Crippen LogP contribution in [-0.4, -0.2) is 25.4 Å². The summed E-state index contributed by atoms with van der Waals surface area (Å²) >= 11 is 3.56. The van der Waals surface area contributed by atoms with Crippen LogP contribution >= 0.6 is 15.9 Å². The molecule has 0 spiro atoms. The number of rotatable bonds is 3. The smallest absolute Gasteiger partial charge is 0.119 e. The van der Waals surface area contributed by atoms with E-state index in [0.29, 0.717) is 0 Å². The summed E-state index contributed by atoms with van der Waals surface area (Å²) < 4.78 is 11.9. The molecule has 0 aliphatic carbocycles. The van der Waals surface area contributed by atoms with Crippen molar-refractivity contribution in [3.8, 4) is 5.75 Å². The largest absolute Gasteiger partial charge is 0.497 e. The lowest BCUT2D eigenvalue weighted by molar-refractivity contribution is 0.0954. The Bertz CT molecular complexity index is 410. The first-order valence-electron chi connectivity index (χ1n) is 5.78. The third-order valence-corrected chi connectivity index (χ3v) is 4.29. The molecule has 0 radical (unpaired) electrons. The van der Waals surface area contributed by atoms with Crippen LogP contribution in [-0.2, 0) is 11.2 Å². The van der Waals surface area contributed by atoms with Gasteiger partial charge in [0.05, 0.1) is 13.2 Å². The zero-order valence-electron chi connectivity index (χ0n) is 10.2. The van der Waals surface area contributed by atoms with Crippen molar-refractivity contribution >= 4 is 15.9 Å². The van der Waals surface area contributed by atoms with Crippen molar-refractivity contribution < 1.29 is 9.47 Å². The van der Waals surface area contributed by atoms with E-state index in [0.717, 1.165) is 29.7 Å². The molecule has 94 valence electrons. The van der Waals surface area contributed by atoms with Gasteiger partial charge in [-0.3, -0.25) is 0 Å². The predicted octanol–water partition coefficient (Wildman–Crippen LogP) is 2.51. The molecular weight excluding hydrogens is 282 g/mol. The molecule has 0 amide bonds. The Morgan fingerprint density at radius 3 is 2.94 bits per heavy atom. The zero-order chi connectivity index (χ0) is 12.5. The maximum absolute atomic E-state index is 6.41. The molecule has 2 atom stereocenters. The van der Waals surface area contributed by atoms with Crippen molar-refractivity contribution in [2.75, 3.05) is 13.7 Å². The number of ether oxygens (including phenoxy) is 2. The maximum Gasteiger partial charge on any atom is 0.119 e. The summed E-state index contributed by atoms with van der Waals surface area (Å²) in [5.41, 5.74) is 7.31. The fourth-order valence-corrected chi connectivity index (χ4v) is 2.58. The molecule has 0 saturated carbocycles. The van der Waals surface area contributed by atoms with Crippen LogP contribution in [0.25, 0.3) is 0 Å². The summed E-state index contributed by atoms with van der Waals surface area (Å²) in [6, 6.07) is 5.97. The van der Waals surface area contributed by atoms with Crippen LogP contribution in [0.1, 0.15) is 18.9 Å². The fourth-order valence-electron chi connectivity index (χ4n) is 2.20. The van der Waals surface area contributed by atoms with Gasteiger partial charge in [-0.15, -0.1) is 0 Å². The molecule has 1 aromatic carbocycles. The standard InChI is InChI=1S/C13H18BrNO2/c1-9-13(15,5-6-17-9)8-10-7-11(16-2)3-4-12(10)14/h3-4,7,9H,5-6,8,15H2,1-2H3. The summed E-state index contributed by atoms with van der Waals surface area (Å²) in [5, 5.41) is 0. The maximum atomic E-state index is 6.41. The van der Waals surface area contributed by atoms with Crippen LogP contribution in [0.15, 0.2) is 22.7 Å². The number of halogens is 1. The average Bonchev–Trinajstić information content (AvgIpc) is 2.62. The third kappa shape index (κ3) is 2.64. The van der Waals surface area contributed by atoms with Crippen LogP contribution in [0.5, 0.6) is 5.75 Å². The van der Waals surface area contributed by atoms with E-state index in [1.807, 2.05) is 25.1 Å². The molecule has 1 aliphatic heterocycles. The van der Waals surface area contributed by atoms with E-state index in [1.54, 1.807) is 7.11 Å². The highest BCUT2D eigenvalue weighted by Gasteiger charge is 2.38. The molecule has 1 fully saturated rings. The molecule has 2 unspecified atom stereocenters. The SMILES string of the molecule is COc1ccc(Br)c(CC2(N)CCOC2C)c1. The average molecular weight is 300 g/mol. The fraction of sp³-hybridized carbons (Fsp3) is 0.538. The van der Waals surface area contributed by atoms with Gasteiger partial charge in [-0.2, -0.15) is 0 Å². The van der Waals surface area contributed by atoms with Crippen molar-refractivity contribution in [3.05, 3.63) is 28.2 Å². The first-order valence-corrected chi connectivity index (χ1v) is 6.57. The Labute approximate surface area is 110 Å². The summed E-state index contributed by atoms with van der Waals surface area (Å²) in [5.74, 6) is 0.860. The van der Waals surface area contributed by atoms with Crippen LogP contribution in [0.2, 0.25) is 0 Å². The Balaban J connectivity index is 2.23. The molecule has 4 heteroatoms. The summed E-state index contributed by atoms with van der Waals surface area (Å²) in [4.78, 5) is 0. The highest BCUT2D eigenvalue weighted by atomic mass is 79.9. The van der Waals surface area contributed by atoms with E-state index in [2.05, 4.69) is 15.9 Å². The molecule has 2 rings (SSSR count). The second-order valence-corrected chi connectivity index (χ2v) is 5.48. The van der Waals surface area contributed by atoms with Gasteiger partial charge in [0, 0.05) is 16.6 Å². The van der Waals surface area contributed by atoms with Crippen molar-refractivity contribution in [3.63, 3.8) is 0 Å². The number of methoxy groups -OCH3 is 1. The van der Waals surface area contributed by atoms with Crippen molar-refractivity contribution in [2.45, 2.75) is 31.4 Å². The van der Waals surface area contributed by atoms with E-state index >= 15 is 0 Å². The number of nitrogens with two attached hydrogens (primary N) is 1. The van der Waals surface area contributed by atoms with Gasteiger partial charge in [0.25, 0.3) is 0 Å². The molecule has 1 aromatic rings. The molecule has 17 heavy (non-hydrogen) atoms. The monoisotopic (exact) mass is 299 g/mol. The highest BCUT2D eigenvalue weighted by Crippen LogP contribution is 2.31. The Morgan fingerprint density at radius 2 is 2.35 bits per heavy atom. The minimum absolute atomic E-state index is 0.0978. The van der Waals surface area contributed by atoms with Gasteiger partial charge < -0.3 is 15.2 Å².